The van der Waals surface area contributed by atoms with Crippen molar-refractivity contribution >= 4 is 35.6 Å². The highest BCUT2D eigenvalue weighted by molar-refractivity contribution is 14.0. The number of nitrogens with two attached hydrogens (primary N) is 1. The molecule has 114 valence electrons. The smallest absolute Gasteiger partial charge is 0.193 e. The standard InChI is InChI=1S/C14H23N3O2.HI/c1-4-9-16-14(15)17-12-10-11(18-5-2)7-8-13(12)19-6-3;/h7-8,10H,4-6,9H2,1-3H3,(H3,15,16,17);1H. The third-order valence-corrected chi connectivity index (χ3v) is 2.33. The predicted octanol–water partition coefficient (Wildman–Crippen LogP) is 3.24. The van der Waals surface area contributed by atoms with Gasteiger partial charge in [-0.05, 0) is 32.4 Å². The number of guanidine groups is 1. The molecule has 0 unspecified atom stereocenters. The lowest BCUT2D eigenvalue weighted by Crippen LogP contribution is -2.23. The molecule has 0 aliphatic carbocycles. The van der Waals surface area contributed by atoms with Gasteiger partial charge in [0.25, 0.3) is 0 Å². The summed E-state index contributed by atoms with van der Waals surface area (Å²) in [7, 11) is 0. The summed E-state index contributed by atoms with van der Waals surface area (Å²) in [6, 6.07) is 5.60. The molecule has 20 heavy (non-hydrogen) atoms. The summed E-state index contributed by atoms with van der Waals surface area (Å²) in [5, 5.41) is 3.05. The van der Waals surface area contributed by atoms with Crippen LogP contribution in [0.2, 0.25) is 0 Å². The van der Waals surface area contributed by atoms with Crippen molar-refractivity contribution in [3.63, 3.8) is 0 Å². The van der Waals surface area contributed by atoms with Crippen LogP contribution in [0.15, 0.2) is 23.2 Å². The maximum atomic E-state index is 5.82. The van der Waals surface area contributed by atoms with Gasteiger partial charge in [-0.3, -0.25) is 4.99 Å². The SMILES string of the molecule is CCCN=C(N)Nc1cc(OCC)ccc1OCC.I. The first kappa shape index (κ1) is 18.8. The van der Waals surface area contributed by atoms with E-state index in [4.69, 9.17) is 15.2 Å². The second-order valence-electron chi connectivity index (χ2n) is 3.92. The Labute approximate surface area is 138 Å². The van der Waals surface area contributed by atoms with Gasteiger partial charge in [-0.1, -0.05) is 6.92 Å². The van der Waals surface area contributed by atoms with Crippen LogP contribution in [0.3, 0.4) is 0 Å². The first-order chi connectivity index (χ1) is 9.21. The lowest BCUT2D eigenvalue weighted by atomic mass is 10.2. The molecule has 1 aromatic rings. The third kappa shape index (κ3) is 6.31. The zero-order chi connectivity index (χ0) is 14.1. The molecule has 1 rings (SSSR count). The number of ether oxygens (including phenoxy) is 2. The number of hydrogen-bond acceptors (Lipinski definition) is 3. The Hall–Kier alpha value is -1.18. The van der Waals surface area contributed by atoms with Crippen molar-refractivity contribution in [1.29, 1.82) is 0 Å². The topological polar surface area (TPSA) is 68.9 Å². The van der Waals surface area contributed by atoms with E-state index < -0.39 is 0 Å². The van der Waals surface area contributed by atoms with Crippen LogP contribution in [-0.2, 0) is 0 Å². The fraction of sp³-hybridized carbons (Fsp3) is 0.500. The average molecular weight is 393 g/mol. The first-order valence-electron chi connectivity index (χ1n) is 6.67. The summed E-state index contributed by atoms with van der Waals surface area (Å²) in [5.41, 5.74) is 6.59. The highest BCUT2D eigenvalue weighted by atomic mass is 127. The fourth-order valence-corrected chi connectivity index (χ4v) is 1.55. The van der Waals surface area contributed by atoms with E-state index in [9.17, 15) is 0 Å². The Morgan fingerprint density at radius 2 is 1.90 bits per heavy atom. The summed E-state index contributed by atoms with van der Waals surface area (Å²) in [6.07, 6.45) is 0.958. The van der Waals surface area contributed by atoms with Gasteiger partial charge in [0, 0.05) is 12.6 Å². The molecule has 5 nitrogen and oxygen atoms in total. The van der Waals surface area contributed by atoms with Crippen LogP contribution < -0.4 is 20.5 Å². The molecule has 0 fully saturated rings. The van der Waals surface area contributed by atoms with E-state index in [1.807, 2.05) is 32.0 Å². The van der Waals surface area contributed by atoms with Crippen LogP contribution in [-0.4, -0.2) is 25.7 Å². The van der Waals surface area contributed by atoms with Crippen molar-refractivity contribution in [3.8, 4) is 11.5 Å². The summed E-state index contributed by atoms with van der Waals surface area (Å²) in [5.74, 6) is 1.90. The van der Waals surface area contributed by atoms with E-state index >= 15 is 0 Å². The molecule has 0 aliphatic heterocycles. The Balaban J connectivity index is 0.00000361. The van der Waals surface area contributed by atoms with Gasteiger partial charge in [-0.15, -0.1) is 24.0 Å². The van der Waals surface area contributed by atoms with Crippen molar-refractivity contribution < 1.29 is 9.47 Å². The molecule has 0 saturated carbocycles. The van der Waals surface area contributed by atoms with Gasteiger partial charge < -0.3 is 20.5 Å². The molecule has 6 heteroatoms. The monoisotopic (exact) mass is 393 g/mol. The molecule has 0 aromatic heterocycles. The Morgan fingerprint density at radius 1 is 1.20 bits per heavy atom. The number of hydrogen-bond donors (Lipinski definition) is 2. The number of anilines is 1. The summed E-state index contributed by atoms with van der Waals surface area (Å²) in [4.78, 5) is 4.20. The van der Waals surface area contributed by atoms with Crippen LogP contribution >= 0.6 is 24.0 Å². The van der Waals surface area contributed by atoms with Crippen LogP contribution in [0.25, 0.3) is 0 Å². The number of benzene rings is 1. The van der Waals surface area contributed by atoms with Crippen molar-refractivity contribution in [2.75, 3.05) is 25.1 Å². The van der Waals surface area contributed by atoms with E-state index in [0.29, 0.717) is 25.7 Å². The lowest BCUT2D eigenvalue weighted by Gasteiger charge is -2.13. The Kier molecular flexibility index (Phi) is 9.96. The third-order valence-electron chi connectivity index (χ3n) is 2.33. The van der Waals surface area contributed by atoms with Gasteiger partial charge in [0.1, 0.15) is 11.5 Å². The van der Waals surface area contributed by atoms with Crippen LogP contribution in [0.5, 0.6) is 11.5 Å². The van der Waals surface area contributed by atoms with Crippen LogP contribution in [0.1, 0.15) is 27.2 Å². The molecule has 0 bridgehead atoms. The van der Waals surface area contributed by atoms with Crippen LogP contribution in [0, 0.1) is 0 Å². The molecule has 0 aliphatic rings. The van der Waals surface area contributed by atoms with Gasteiger partial charge >= 0.3 is 0 Å². The molecule has 0 spiro atoms. The van der Waals surface area contributed by atoms with E-state index in [1.54, 1.807) is 0 Å². The fourth-order valence-electron chi connectivity index (χ4n) is 1.55. The number of aliphatic imine (C=N–C) groups is 1. The van der Waals surface area contributed by atoms with Gasteiger partial charge in [0.05, 0.1) is 18.9 Å². The Morgan fingerprint density at radius 3 is 2.50 bits per heavy atom. The zero-order valence-electron chi connectivity index (χ0n) is 12.3. The van der Waals surface area contributed by atoms with Crippen molar-refractivity contribution in [2.45, 2.75) is 27.2 Å². The van der Waals surface area contributed by atoms with Gasteiger partial charge in [-0.2, -0.15) is 0 Å². The maximum Gasteiger partial charge on any atom is 0.193 e. The Bertz CT molecular complexity index is 425. The minimum Gasteiger partial charge on any atom is -0.494 e. The molecule has 1 aromatic carbocycles. The molecule has 0 atom stereocenters. The second-order valence-corrected chi connectivity index (χ2v) is 3.92. The second kappa shape index (κ2) is 10.6. The maximum absolute atomic E-state index is 5.82. The molecular formula is C14H24IN3O2. The molecule has 0 heterocycles. The molecule has 0 saturated heterocycles. The highest BCUT2D eigenvalue weighted by Crippen LogP contribution is 2.29. The molecule has 0 radical (unpaired) electrons. The molecule has 3 N–H and O–H groups in total. The number of nitrogens with zero attached hydrogens (tertiary/aromatic N) is 1. The van der Waals surface area contributed by atoms with Crippen LogP contribution in [0.4, 0.5) is 5.69 Å². The minimum absolute atomic E-state index is 0. The van der Waals surface area contributed by atoms with E-state index in [1.165, 1.54) is 0 Å². The van der Waals surface area contributed by atoms with E-state index in [2.05, 4.69) is 17.2 Å². The molecule has 0 amide bonds. The lowest BCUT2D eigenvalue weighted by molar-refractivity contribution is 0.332. The zero-order valence-corrected chi connectivity index (χ0v) is 14.6. The van der Waals surface area contributed by atoms with Gasteiger partial charge in [0.2, 0.25) is 0 Å². The molecular weight excluding hydrogens is 369 g/mol. The average Bonchev–Trinajstić information content (AvgIpc) is 2.40. The van der Waals surface area contributed by atoms with Crippen molar-refractivity contribution in [1.82, 2.24) is 0 Å². The van der Waals surface area contributed by atoms with E-state index in [-0.39, 0.29) is 24.0 Å². The number of rotatable bonds is 7. The first-order valence-corrected chi connectivity index (χ1v) is 6.67. The number of nitrogens with one attached hydrogen (secondary N) is 1. The van der Waals surface area contributed by atoms with Gasteiger partial charge in [-0.25, -0.2) is 0 Å². The largest absolute Gasteiger partial charge is 0.494 e. The summed E-state index contributed by atoms with van der Waals surface area (Å²) >= 11 is 0. The highest BCUT2D eigenvalue weighted by Gasteiger charge is 2.06. The summed E-state index contributed by atoms with van der Waals surface area (Å²) in [6.45, 7) is 7.85. The minimum atomic E-state index is 0. The van der Waals surface area contributed by atoms with Crippen molar-refractivity contribution in [2.24, 2.45) is 10.7 Å². The quantitative estimate of drug-likeness (QED) is 0.424. The van der Waals surface area contributed by atoms with Gasteiger partial charge in [0.15, 0.2) is 5.96 Å². The van der Waals surface area contributed by atoms with E-state index in [0.717, 1.165) is 23.6 Å². The normalized spacial score (nSPS) is 10.7. The van der Waals surface area contributed by atoms with Crippen molar-refractivity contribution in [3.05, 3.63) is 18.2 Å². The number of halogens is 1. The summed E-state index contributed by atoms with van der Waals surface area (Å²) < 4.78 is 11.0. The predicted molar refractivity (Wildman–Crippen MR) is 94.6 cm³/mol.